The van der Waals surface area contributed by atoms with Crippen LogP contribution in [0, 0.1) is 6.92 Å². The molecule has 3 aromatic rings. The highest BCUT2D eigenvalue weighted by atomic mass is 32.1. The van der Waals surface area contributed by atoms with Crippen molar-refractivity contribution in [3.05, 3.63) is 34.7 Å². The van der Waals surface area contributed by atoms with Gasteiger partial charge in [0.05, 0.1) is 17.9 Å². The molecule has 0 unspecified atom stereocenters. The molecule has 0 spiro atoms. The summed E-state index contributed by atoms with van der Waals surface area (Å²) in [5.74, 6) is 1.43. The van der Waals surface area contributed by atoms with Crippen molar-refractivity contribution in [2.24, 2.45) is 5.73 Å². The van der Waals surface area contributed by atoms with E-state index in [4.69, 9.17) is 11.5 Å². The van der Waals surface area contributed by atoms with Gasteiger partial charge in [-0.25, -0.2) is 9.97 Å². The number of nitrogens with zero attached hydrogens (tertiary/aromatic N) is 4. The van der Waals surface area contributed by atoms with Crippen LogP contribution in [0.15, 0.2) is 18.5 Å². The van der Waals surface area contributed by atoms with E-state index in [2.05, 4.69) is 33.4 Å². The van der Waals surface area contributed by atoms with E-state index in [1.807, 2.05) is 16.7 Å². The molecule has 0 amide bonds. The van der Waals surface area contributed by atoms with Crippen LogP contribution < -0.4 is 16.8 Å². The second-order valence-corrected chi connectivity index (χ2v) is 7.30. The standard InChI is InChI=1S/C15H19N7S/c1-8-6-22-7-11(19-15(22)23-8)5-18-13-4-12(20-14(17)21-13)9-2-10(16)3-9/h4,6-7,9-10H,2-3,5,16H2,1H3,(H3,17,18,20,21). The molecular weight excluding hydrogens is 310 g/mol. The summed E-state index contributed by atoms with van der Waals surface area (Å²) in [4.78, 5) is 15.4. The fourth-order valence-corrected chi connectivity index (χ4v) is 3.74. The van der Waals surface area contributed by atoms with E-state index in [1.165, 1.54) is 4.88 Å². The van der Waals surface area contributed by atoms with E-state index in [-0.39, 0.29) is 6.04 Å². The summed E-state index contributed by atoms with van der Waals surface area (Å²) in [6.45, 7) is 2.68. The molecule has 8 heteroatoms. The lowest BCUT2D eigenvalue weighted by Gasteiger charge is -2.32. The highest BCUT2D eigenvalue weighted by molar-refractivity contribution is 7.16. The number of aromatic nitrogens is 4. The molecule has 3 heterocycles. The van der Waals surface area contributed by atoms with Crippen LogP contribution in [-0.2, 0) is 6.54 Å². The maximum atomic E-state index is 5.85. The molecule has 5 N–H and O–H groups in total. The van der Waals surface area contributed by atoms with Gasteiger partial charge in [-0.3, -0.25) is 4.40 Å². The first-order valence-electron chi connectivity index (χ1n) is 7.65. The van der Waals surface area contributed by atoms with Crippen LogP contribution in [0.25, 0.3) is 4.96 Å². The van der Waals surface area contributed by atoms with E-state index in [1.54, 1.807) is 11.3 Å². The molecule has 0 radical (unpaired) electrons. The van der Waals surface area contributed by atoms with Crippen LogP contribution in [-0.4, -0.2) is 25.4 Å². The van der Waals surface area contributed by atoms with Crippen LogP contribution in [0.1, 0.15) is 35.0 Å². The molecule has 23 heavy (non-hydrogen) atoms. The van der Waals surface area contributed by atoms with Crippen molar-refractivity contribution in [1.82, 2.24) is 19.4 Å². The maximum absolute atomic E-state index is 5.85. The van der Waals surface area contributed by atoms with Crippen LogP contribution >= 0.6 is 11.3 Å². The summed E-state index contributed by atoms with van der Waals surface area (Å²) in [5, 5.41) is 3.29. The predicted octanol–water partition coefficient (Wildman–Crippen LogP) is 1.89. The van der Waals surface area contributed by atoms with Crippen LogP contribution in [0.4, 0.5) is 11.8 Å². The van der Waals surface area contributed by atoms with Crippen molar-refractivity contribution >= 4 is 28.1 Å². The Kier molecular flexibility index (Phi) is 3.42. The largest absolute Gasteiger partial charge is 0.368 e. The molecule has 7 nitrogen and oxygen atoms in total. The Bertz CT molecular complexity index is 815. The molecule has 1 fully saturated rings. The van der Waals surface area contributed by atoms with E-state index in [0.29, 0.717) is 18.4 Å². The number of imidazole rings is 1. The van der Waals surface area contributed by atoms with Gasteiger partial charge in [0.1, 0.15) is 5.82 Å². The first-order valence-corrected chi connectivity index (χ1v) is 8.46. The Morgan fingerprint density at radius 1 is 1.30 bits per heavy atom. The molecule has 4 rings (SSSR count). The molecule has 120 valence electrons. The zero-order chi connectivity index (χ0) is 16.0. The smallest absolute Gasteiger partial charge is 0.222 e. The summed E-state index contributed by atoms with van der Waals surface area (Å²) < 4.78 is 2.05. The third kappa shape index (κ3) is 2.87. The zero-order valence-electron chi connectivity index (χ0n) is 12.9. The summed E-state index contributed by atoms with van der Waals surface area (Å²) in [6.07, 6.45) is 6.04. The number of nitrogens with two attached hydrogens (primary N) is 2. The van der Waals surface area contributed by atoms with Gasteiger partial charge < -0.3 is 16.8 Å². The first kappa shape index (κ1) is 14.4. The van der Waals surface area contributed by atoms with Crippen molar-refractivity contribution in [2.75, 3.05) is 11.1 Å². The summed E-state index contributed by atoms with van der Waals surface area (Å²) in [5.41, 5.74) is 13.6. The molecular formula is C15H19N7S. The topological polar surface area (TPSA) is 107 Å². The minimum absolute atomic E-state index is 0.287. The molecule has 3 aromatic heterocycles. The molecule has 0 atom stereocenters. The Morgan fingerprint density at radius 2 is 2.13 bits per heavy atom. The summed E-state index contributed by atoms with van der Waals surface area (Å²) in [6, 6.07) is 2.25. The Morgan fingerprint density at radius 3 is 2.87 bits per heavy atom. The lowest BCUT2D eigenvalue weighted by molar-refractivity contribution is 0.345. The number of fused-ring (bicyclic) bond motifs is 1. The SMILES string of the molecule is Cc1cn2cc(CNc3cc(C4CC(N)C4)nc(N)n3)nc2s1. The Labute approximate surface area is 137 Å². The lowest BCUT2D eigenvalue weighted by atomic mass is 9.78. The second-order valence-electron chi connectivity index (χ2n) is 6.08. The van der Waals surface area contributed by atoms with Crippen molar-refractivity contribution in [1.29, 1.82) is 0 Å². The number of nitrogens with one attached hydrogen (secondary N) is 1. The third-order valence-corrected chi connectivity index (χ3v) is 5.04. The van der Waals surface area contributed by atoms with Gasteiger partial charge in [0.25, 0.3) is 0 Å². The lowest BCUT2D eigenvalue weighted by Crippen LogP contribution is -2.35. The van der Waals surface area contributed by atoms with Gasteiger partial charge in [-0.15, -0.1) is 11.3 Å². The van der Waals surface area contributed by atoms with Crippen LogP contribution in [0.2, 0.25) is 0 Å². The molecule has 1 aliphatic rings. The number of hydrogen-bond acceptors (Lipinski definition) is 7. The number of thiazole rings is 1. The normalized spacial score (nSPS) is 20.6. The first-order chi connectivity index (χ1) is 11.1. The maximum Gasteiger partial charge on any atom is 0.222 e. The van der Waals surface area contributed by atoms with Gasteiger partial charge in [0, 0.05) is 35.3 Å². The molecule has 0 aromatic carbocycles. The average molecular weight is 329 g/mol. The van der Waals surface area contributed by atoms with E-state index in [9.17, 15) is 0 Å². The molecule has 0 bridgehead atoms. The third-order valence-electron chi connectivity index (χ3n) is 4.13. The van der Waals surface area contributed by atoms with Crippen molar-refractivity contribution in [3.8, 4) is 0 Å². The highest BCUT2D eigenvalue weighted by Crippen LogP contribution is 2.35. The monoisotopic (exact) mass is 329 g/mol. The quantitative estimate of drug-likeness (QED) is 0.675. The highest BCUT2D eigenvalue weighted by Gasteiger charge is 2.29. The zero-order valence-corrected chi connectivity index (χ0v) is 13.7. The number of aryl methyl sites for hydroxylation is 1. The molecule has 0 saturated heterocycles. The summed E-state index contributed by atoms with van der Waals surface area (Å²) >= 11 is 1.68. The molecule has 1 aliphatic carbocycles. The second kappa shape index (κ2) is 5.47. The van der Waals surface area contributed by atoms with Gasteiger partial charge in [0.15, 0.2) is 4.96 Å². The van der Waals surface area contributed by atoms with Gasteiger partial charge in [-0.05, 0) is 19.8 Å². The summed E-state index contributed by atoms with van der Waals surface area (Å²) in [7, 11) is 0. The van der Waals surface area contributed by atoms with Crippen LogP contribution in [0.5, 0.6) is 0 Å². The fraction of sp³-hybridized carbons (Fsp3) is 0.400. The van der Waals surface area contributed by atoms with E-state index >= 15 is 0 Å². The fourth-order valence-electron chi connectivity index (χ4n) is 2.91. The van der Waals surface area contributed by atoms with E-state index in [0.717, 1.165) is 35.0 Å². The van der Waals surface area contributed by atoms with Gasteiger partial charge in [-0.1, -0.05) is 0 Å². The molecule has 1 saturated carbocycles. The van der Waals surface area contributed by atoms with Crippen LogP contribution in [0.3, 0.4) is 0 Å². The average Bonchev–Trinajstić information content (AvgIpc) is 2.98. The van der Waals surface area contributed by atoms with Gasteiger partial charge in [-0.2, -0.15) is 4.98 Å². The Balaban J connectivity index is 1.48. The van der Waals surface area contributed by atoms with Gasteiger partial charge >= 0.3 is 0 Å². The minimum Gasteiger partial charge on any atom is -0.368 e. The Hall–Kier alpha value is -2.19. The van der Waals surface area contributed by atoms with Crippen molar-refractivity contribution < 1.29 is 0 Å². The van der Waals surface area contributed by atoms with Gasteiger partial charge in [0.2, 0.25) is 5.95 Å². The van der Waals surface area contributed by atoms with E-state index < -0.39 is 0 Å². The number of hydrogen-bond donors (Lipinski definition) is 3. The predicted molar refractivity (Wildman–Crippen MR) is 91.5 cm³/mol. The number of nitrogen functional groups attached to an aromatic ring is 1. The van der Waals surface area contributed by atoms with Crippen molar-refractivity contribution in [3.63, 3.8) is 0 Å². The number of rotatable bonds is 4. The van der Waals surface area contributed by atoms with Crippen molar-refractivity contribution in [2.45, 2.75) is 38.3 Å². The molecule has 0 aliphatic heterocycles. The number of anilines is 2. The minimum atomic E-state index is 0.287.